The maximum absolute atomic E-state index is 11.7. The van der Waals surface area contributed by atoms with Crippen LogP contribution in [0.4, 0.5) is 0 Å². The van der Waals surface area contributed by atoms with E-state index < -0.39 is 0 Å². The minimum absolute atomic E-state index is 0.0178. The van der Waals surface area contributed by atoms with Crippen LogP contribution >= 0.6 is 11.6 Å². The Morgan fingerprint density at radius 2 is 2.39 bits per heavy atom. The van der Waals surface area contributed by atoms with E-state index in [1.54, 1.807) is 18.3 Å². The molecule has 2 unspecified atom stereocenters. The van der Waals surface area contributed by atoms with Crippen LogP contribution in [0.25, 0.3) is 0 Å². The zero-order chi connectivity index (χ0) is 13.1. The lowest BCUT2D eigenvalue weighted by molar-refractivity contribution is -0.122. The van der Waals surface area contributed by atoms with Crippen molar-refractivity contribution < 1.29 is 9.53 Å². The second kappa shape index (κ2) is 5.67. The first-order valence-corrected chi connectivity index (χ1v) is 6.49. The van der Waals surface area contributed by atoms with Gasteiger partial charge in [0.25, 0.3) is 0 Å². The van der Waals surface area contributed by atoms with E-state index in [2.05, 4.69) is 4.98 Å². The van der Waals surface area contributed by atoms with Gasteiger partial charge < -0.3 is 4.74 Å². The minimum atomic E-state index is -0.0210. The number of carbonyl (C=O) groups is 1. The van der Waals surface area contributed by atoms with Crippen LogP contribution in [0.1, 0.15) is 19.8 Å². The number of ketones is 1. The Balaban J connectivity index is 1.96. The summed E-state index contributed by atoms with van der Waals surface area (Å²) in [5.41, 5.74) is 0. The van der Waals surface area contributed by atoms with Crippen molar-refractivity contribution in [2.45, 2.75) is 31.9 Å². The number of hydrogen-bond acceptors (Lipinski definition) is 4. The van der Waals surface area contributed by atoms with Gasteiger partial charge in [0.15, 0.2) is 0 Å². The molecule has 18 heavy (non-hydrogen) atoms. The van der Waals surface area contributed by atoms with Crippen molar-refractivity contribution in [1.82, 2.24) is 9.88 Å². The summed E-state index contributed by atoms with van der Waals surface area (Å²) in [4.78, 5) is 17.9. The Labute approximate surface area is 112 Å². The predicted molar refractivity (Wildman–Crippen MR) is 70.0 cm³/mol. The van der Waals surface area contributed by atoms with Crippen molar-refractivity contribution in [1.29, 1.82) is 0 Å². The number of aromatic nitrogens is 1. The first-order chi connectivity index (χ1) is 8.60. The van der Waals surface area contributed by atoms with Crippen molar-refractivity contribution in [2.24, 2.45) is 0 Å². The number of hydrogen-bond donors (Lipinski definition) is 0. The molecule has 1 saturated heterocycles. The van der Waals surface area contributed by atoms with E-state index >= 15 is 0 Å². The second-order valence-corrected chi connectivity index (χ2v) is 5.00. The van der Waals surface area contributed by atoms with Crippen LogP contribution in [0.15, 0.2) is 18.3 Å². The van der Waals surface area contributed by atoms with Crippen molar-refractivity contribution >= 4 is 17.4 Å². The molecule has 98 valence electrons. The Hall–Kier alpha value is -1.13. The Kier molecular flexibility index (Phi) is 4.19. The van der Waals surface area contributed by atoms with Gasteiger partial charge in [-0.25, -0.2) is 4.98 Å². The molecular formula is C13H17ClN2O2. The SMILES string of the molecule is CCC(=O)C1CC(Oc2ccc(Cl)cn2)CN1C. The molecule has 0 bridgehead atoms. The summed E-state index contributed by atoms with van der Waals surface area (Å²) in [7, 11) is 1.96. The molecule has 2 atom stereocenters. The second-order valence-electron chi connectivity index (χ2n) is 4.57. The maximum atomic E-state index is 11.7. The van der Waals surface area contributed by atoms with E-state index in [4.69, 9.17) is 16.3 Å². The number of Topliss-reactive ketones (excluding diaryl/α,β-unsaturated/α-hetero) is 1. The molecule has 0 aromatic carbocycles. The van der Waals surface area contributed by atoms with Crippen molar-refractivity contribution in [3.63, 3.8) is 0 Å². The molecule has 1 fully saturated rings. The number of likely N-dealkylation sites (tertiary alicyclic amines) is 1. The van der Waals surface area contributed by atoms with E-state index in [0.29, 0.717) is 17.3 Å². The molecule has 0 saturated carbocycles. The number of carbonyl (C=O) groups excluding carboxylic acids is 1. The van der Waals surface area contributed by atoms with Gasteiger partial charge in [0, 0.05) is 31.6 Å². The molecule has 2 rings (SSSR count). The van der Waals surface area contributed by atoms with Gasteiger partial charge >= 0.3 is 0 Å². The van der Waals surface area contributed by atoms with Crippen LogP contribution in [0.5, 0.6) is 5.88 Å². The van der Waals surface area contributed by atoms with Crippen LogP contribution < -0.4 is 4.74 Å². The summed E-state index contributed by atoms with van der Waals surface area (Å²) in [6.45, 7) is 2.64. The lowest BCUT2D eigenvalue weighted by Gasteiger charge is -2.15. The van der Waals surface area contributed by atoms with Gasteiger partial charge in [0.05, 0.1) is 11.1 Å². The molecule has 1 aliphatic heterocycles. The van der Waals surface area contributed by atoms with Crippen LogP contribution in [-0.2, 0) is 4.79 Å². The molecule has 0 radical (unpaired) electrons. The number of pyridine rings is 1. The van der Waals surface area contributed by atoms with E-state index in [0.717, 1.165) is 13.0 Å². The molecule has 5 heteroatoms. The fraction of sp³-hybridized carbons (Fsp3) is 0.538. The molecule has 1 aliphatic rings. The topological polar surface area (TPSA) is 42.4 Å². The third-order valence-electron chi connectivity index (χ3n) is 3.22. The van der Waals surface area contributed by atoms with E-state index in [9.17, 15) is 4.79 Å². The predicted octanol–water partition coefficient (Wildman–Crippen LogP) is 2.17. The number of ether oxygens (including phenoxy) is 1. The van der Waals surface area contributed by atoms with Gasteiger partial charge in [0.2, 0.25) is 5.88 Å². The van der Waals surface area contributed by atoms with E-state index in [-0.39, 0.29) is 17.9 Å². The lowest BCUT2D eigenvalue weighted by Crippen LogP contribution is -2.32. The molecule has 2 heterocycles. The summed E-state index contributed by atoms with van der Waals surface area (Å²) < 4.78 is 5.76. The van der Waals surface area contributed by atoms with Crippen molar-refractivity contribution in [3.05, 3.63) is 23.4 Å². The number of nitrogens with zero attached hydrogens (tertiary/aromatic N) is 2. The molecule has 1 aromatic heterocycles. The molecular weight excluding hydrogens is 252 g/mol. The van der Waals surface area contributed by atoms with Crippen LogP contribution in [-0.4, -0.2) is 41.4 Å². The first-order valence-electron chi connectivity index (χ1n) is 6.11. The standard InChI is InChI=1S/C13H17ClN2O2/c1-3-12(17)11-6-10(8-16(11)2)18-13-5-4-9(14)7-15-13/h4-5,7,10-11H,3,6,8H2,1-2H3. The molecule has 0 amide bonds. The molecule has 4 nitrogen and oxygen atoms in total. The summed E-state index contributed by atoms with van der Waals surface area (Å²) in [5, 5.41) is 0.588. The third-order valence-corrected chi connectivity index (χ3v) is 3.44. The Morgan fingerprint density at radius 3 is 3.00 bits per heavy atom. The summed E-state index contributed by atoms with van der Waals surface area (Å²) in [5.74, 6) is 0.829. The maximum Gasteiger partial charge on any atom is 0.213 e. The molecule has 0 spiro atoms. The fourth-order valence-corrected chi connectivity index (χ4v) is 2.36. The Morgan fingerprint density at radius 1 is 1.61 bits per heavy atom. The minimum Gasteiger partial charge on any atom is -0.473 e. The zero-order valence-corrected chi connectivity index (χ0v) is 11.4. The average molecular weight is 269 g/mol. The van der Waals surface area contributed by atoms with Crippen LogP contribution in [0, 0.1) is 0 Å². The van der Waals surface area contributed by atoms with E-state index in [1.807, 2.05) is 18.9 Å². The number of halogens is 1. The number of likely N-dealkylation sites (N-methyl/N-ethyl adjacent to an activating group) is 1. The third kappa shape index (κ3) is 3.00. The highest BCUT2D eigenvalue weighted by Gasteiger charge is 2.34. The van der Waals surface area contributed by atoms with Crippen LogP contribution in [0.2, 0.25) is 5.02 Å². The largest absolute Gasteiger partial charge is 0.473 e. The molecule has 0 aliphatic carbocycles. The lowest BCUT2D eigenvalue weighted by atomic mass is 10.1. The van der Waals surface area contributed by atoms with Gasteiger partial charge in [0.1, 0.15) is 11.9 Å². The van der Waals surface area contributed by atoms with Gasteiger partial charge in [-0.2, -0.15) is 0 Å². The van der Waals surface area contributed by atoms with Gasteiger partial charge in [-0.3, -0.25) is 9.69 Å². The van der Waals surface area contributed by atoms with Crippen molar-refractivity contribution in [2.75, 3.05) is 13.6 Å². The molecule has 1 aromatic rings. The van der Waals surface area contributed by atoms with E-state index in [1.165, 1.54) is 0 Å². The smallest absolute Gasteiger partial charge is 0.213 e. The number of rotatable bonds is 4. The average Bonchev–Trinajstić information content (AvgIpc) is 2.72. The highest BCUT2D eigenvalue weighted by molar-refractivity contribution is 6.30. The highest BCUT2D eigenvalue weighted by atomic mass is 35.5. The first kappa shape index (κ1) is 13.3. The summed E-state index contributed by atoms with van der Waals surface area (Å²) >= 11 is 5.76. The molecule has 0 N–H and O–H groups in total. The highest BCUT2D eigenvalue weighted by Crippen LogP contribution is 2.22. The Bertz CT molecular complexity index is 422. The summed E-state index contributed by atoms with van der Waals surface area (Å²) in [6.07, 6.45) is 2.88. The van der Waals surface area contributed by atoms with Crippen LogP contribution in [0.3, 0.4) is 0 Å². The van der Waals surface area contributed by atoms with Gasteiger partial charge in [-0.15, -0.1) is 0 Å². The quantitative estimate of drug-likeness (QED) is 0.839. The fourth-order valence-electron chi connectivity index (χ4n) is 2.25. The van der Waals surface area contributed by atoms with Gasteiger partial charge in [-0.1, -0.05) is 18.5 Å². The summed E-state index contributed by atoms with van der Waals surface area (Å²) in [6, 6.07) is 3.47. The zero-order valence-electron chi connectivity index (χ0n) is 10.6. The van der Waals surface area contributed by atoms with Crippen molar-refractivity contribution in [3.8, 4) is 5.88 Å². The monoisotopic (exact) mass is 268 g/mol. The normalized spacial score (nSPS) is 24.2. The van der Waals surface area contributed by atoms with Gasteiger partial charge in [-0.05, 0) is 13.1 Å².